The van der Waals surface area contributed by atoms with E-state index in [9.17, 15) is 0 Å². The van der Waals surface area contributed by atoms with E-state index in [2.05, 4.69) is 47.4 Å². The molecule has 0 aromatic heterocycles. The van der Waals surface area contributed by atoms with E-state index < -0.39 is 0 Å². The second-order valence-corrected chi connectivity index (χ2v) is 3.97. The Balaban J connectivity index is 3.35. The Morgan fingerprint density at radius 1 is 1.50 bits per heavy atom. The third-order valence-corrected chi connectivity index (χ3v) is 2.15. The van der Waals surface area contributed by atoms with Gasteiger partial charge in [0, 0.05) is 0 Å². The van der Waals surface area contributed by atoms with Crippen molar-refractivity contribution in [2.24, 2.45) is 0 Å². The summed E-state index contributed by atoms with van der Waals surface area (Å²) in [6.07, 6.45) is 0. The first-order chi connectivity index (χ1) is 3.72. The number of hydrogen-bond donors (Lipinski definition) is 1. The van der Waals surface area contributed by atoms with Gasteiger partial charge in [-0.2, -0.15) is 0 Å². The molecule has 8 heavy (non-hydrogen) atoms. The van der Waals surface area contributed by atoms with Crippen molar-refractivity contribution < 1.29 is 0 Å². The number of thiol groups is 1. The molecule has 0 aromatic carbocycles. The monoisotopic (exact) mass is 199 g/mol. The van der Waals surface area contributed by atoms with Gasteiger partial charge in [-0.05, 0) is 0 Å². The summed E-state index contributed by atoms with van der Waals surface area (Å²) in [5.74, 6) is 0. The van der Waals surface area contributed by atoms with E-state index in [4.69, 9.17) is 0 Å². The molecule has 1 unspecified atom stereocenters. The first kappa shape index (κ1) is 8.83. The zero-order chi connectivity index (χ0) is 6.57. The summed E-state index contributed by atoms with van der Waals surface area (Å²) in [4.78, 5) is 2.25. The molecule has 0 bridgehead atoms. The van der Waals surface area contributed by atoms with E-state index in [1.54, 1.807) is 0 Å². The molecule has 0 saturated carbocycles. The molecular weight excluding hydrogens is 185 g/mol. The zero-order valence-corrected chi connectivity index (χ0v) is 8.10. The zero-order valence-electron chi connectivity index (χ0n) is 5.33. The van der Waals surface area contributed by atoms with Gasteiger partial charge in [-0.3, -0.25) is 0 Å². The fraction of sp³-hybridized carbons (Fsp3) is 1.00. The Morgan fingerprint density at radius 3 is 1.88 bits per heavy atom. The molecule has 1 atom stereocenters. The molecule has 0 aliphatic carbocycles. The van der Waals surface area contributed by atoms with Crippen LogP contribution in [0.4, 0.5) is 0 Å². The summed E-state index contributed by atoms with van der Waals surface area (Å²) in [5.41, 5.74) is 0. The molecule has 0 aromatic rings. The van der Waals surface area contributed by atoms with Gasteiger partial charge in [-0.1, -0.05) is 0 Å². The number of hydrogen-bond acceptors (Lipinski definition) is 2. The molecule has 0 fully saturated rings. The van der Waals surface area contributed by atoms with Crippen molar-refractivity contribution >= 4 is 28.6 Å². The molecule has 3 heteroatoms. The van der Waals surface area contributed by atoms with Crippen molar-refractivity contribution in [1.29, 1.82) is 0 Å². The molecule has 50 valence electrons. The quantitative estimate of drug-likeness (QED) is 0.391. The second-order valence-electron chi connectivity index (χ2n) is 1.57. The molecule has 0 radical (unpaired) electrons. The number of rotatable bonds is 3. The maximum atomic E-state index is 4.25. The van der Waals surface area contributed by atoms with Crippen molar-refractivity contribution in [1.82, 2.24) is 4.90 Å². The van der Waals surface area contributed by atoms with Gasteiger partial charge in [0.15, 0.2) is 0 Å². The number of nitrogens with zero attached hydrogens (tertiary/aromatic N) is 1. The van der Waals surface area contributed by atoms with Gasteiger partial charge in [0.2, 0.25) is 0 Å². The van der Waals surface area contributed by atoms with E-state index in [0.717, 1.165) is 13.1 Å². The predicted octanol–water partition coefficient (Wildman–Crippen LogP) is 0.442. The summed E-state index contributed by atoms with van der Waals surface area (Å²) < 4.78 is 0.345. The Bertz CT molecular complexity index is 54.4. The van der Waals surface area contributed by atoms with Crippen LogP contribution in [0.2, 0.25) is 0 Å². The van der Waals surface area contributed by atoms with Gasteiger partial charge in [-0.15, -0.1) is 0 Å². The average molecular weight is 198 g/mol. The molecule has 0 saturated heterocycles. The molecule has 0 amide bonds. The van der Waals surface area contributed by atoms with Crippen LogP contribution in [0.1, 0.15) is 13.8 Å². The van der Waals surface area contributed by atoms with Gasteiger partial charge in [0.1, 0.15) is 0 Å². The van der Waals surface area contributed by atoms with Crippen LogP contribution in [-0.4, -0.2) is 38.3 Å². The normalized spacial score (nSPS) is 14.6. The van der Waals surface area contributed by atoms with Crippen molar-refractivity contribution in [2.75, 3.05) is 13.1 Å². The predicted molar refractivity (Wildman–Crippen MR) is 42.8 cm³/mol. The molecule has 1 nitrogen and oxygen atoms in total. The summed E-state index contributed by atoms with van der Waals surface area (Å²) in [6, 6.07) is 0. The van der Waals surface area contributed by atoms with Crippen molar-refractivity contribution in [3.8, 4) is 0 Å². The van der Waals surface area contributed by atoms with Crippen LogP contribution in [0.3, 0.4) is 0 Å². The Morgan fingerprint density at radius 2 is 1.88 bits per heavy atom. The van der Waals surface area contributed by atoms with Gasteiger partial charge >= 0.3 is 64.8 Å². The van der Waals surface area contributed by atoms with Crippen molar-refractivity contribution in [3.63, 3.8) is 0 Å². The van der Waals surface area contributed by atoms with Gasteiger partial charge < -0.3 is 0 Å². The van der Waals surface area contributed by atoms with Crippen LogP contribution in [0, 0.1) is 0 Å². The summed E-state index contributed by atoms with van der Waals surface area (Å²) >= 11 is 6.76. The molecule has 0 aliphatic rings. The molecule has 0 aliphatic heterocycles. The van der Waals surface area contributed by atoms with E-state index in [1.165, 1.54) is 0 Å². The Hall–Kier alpha value is 0.829. The van der Waals surface area contributed by atoms with Gasteiger partial charge in [-0.25, -0.2) is 0 Å². The van der Waals surface area contributed by atoms with E-state index in [-0.39, 0.29) is 0 Å². The molecule has 0 rings (SSSR count). The topological polar surface area (TPSA) is 3.24 Å². The van der Waals surface area contributed by atoms with Crippen LogP contribution in [0.15, 0.2) is 0 Å². The molecule has 0 N–H and O–H groups in total. The third-order valence-electron chi connectivity index (χ3n) is 1.14. The fourth-order valence-corrected chi connectivity index (χ4v) is 1.56. The molecular formula is C5H13NSSe. The Kier molecular flexibility index (Phi) is 5.17. The van der Waals surface area contributed by atoms with E-state index in [0.29, 0.717) is 4.27 Å². The first-order valence-corrected chi connectivity index (χ1v) is 4.42. The molecule has 0 heterocycles. The van der Waals surface area contributed by atoms with Gasteiger partial charge in [0.25, 0.3) is 0 Å². The van der Waals surface area contributed by atoms with Crippen molar-refractivity contribution in [3.05, 3.63) is 0 Å². The summed E-state index contributed by atoms with van der Waals surface area (Å²) in [6.45, 7) is 6.44. The summed E-state index contributed by atoms with van der Waals surface area (Å²) in [5, 5.41) is 0. The fourth-order valence-electron chi connectivity index (χ4n) is 0.550. The van der Waals surface area contributed by atoms with Crippen LogP contribution in [-0.2, 0) is 0 Å². The van der Waals surface area contributed by atoms with Crippen LogP contribution in [0.5, 0.6) is 0 Å². The standard InChI is InChI=1S/C5H13NSSe/c1-3-6(4-2)5(7)8/h5,7-8H,3-4H2,1-2H3. The van der Waals surface area contributed by atoms with E-state index in [1.807, 2.05) is 0 Å². The summed E-state index contributed by atoms with van der Waals surface area (Å²) in [7, 11) is 0. The minimum absolute atomic E-state index is 0.345. The van der Waals surface area contributed by atoms with Crippen LogP contribution < -0.4 is 0 Å². The van der Waals surface area contributed by atoms with E-state index >= 15 is 0 Å². The van der Waals surface area contributed by atoms with Gasteiger partial charge in [0.05, 0.1) is 0 Å². The molecule has 0 spiro atoms. The van der Waals surface area contributed by atoms with Crippen molar-refractivity contribution in [2.45, 2.75) is 18.1 Å². The third kappa shape index (κ3) is 2.98. The van der Waals surface area contributed by atoms with Crippen LogP contribution >= 0.6 is 12.6 Å². The average Bonchev–Trinajstić information content (AvgIpc) is 1.69. The Labute approximate surface area is 65.0 Å². The minimum atomic E-state index is 0.345. The SMILES string of the molecule is CCN(CC)C(S)[SeH]. The second kappa shape index (κ2) is 4.68. The van der Waals surface area contributed by atoms with Crippen LogP contribution in [0.25, 0.3) is 0 Å². The maximum absolute atomic E-state index is 4.25. The first-order valence-electron chi connectivity index (χ1n) is 2.82.